The van der Waals surface area contributed by atoms with E-state index in [0.717, 1.165) is 15.9 Å². The number of rotatable bonds is 6. The van der Waals surface area contributed by atoms with E-state index in [1.807, 2.05) is 12.1 Å². The van der Waals surface area contributed by atoms with Crippen LogP contribution < -0.4 is 5.32 Å². The molecule has 1 saturated heterocycles. The minimum absolute atomic E-state index is 0.121. The van der Waals surface area contributed by atoms with E-state index in [9.17, 15) is 4.79 Å². The zero-order chi connectivity index (χ0) is 17.5. The van der Waals surface area contributed by atoms with Crippen LogP contribution in [-0.2, 0) is 17.9 Å². The molecule has 0 spiro atoms. The van der Waals surface area contributed by atoms with Gasteiger partial charge in [0.2, 0.25) is 5.91 Å². The summed E-state index contributed by atoms with van der Waals surface area (Å²) in [5.74, 6) is 0.561. The van der Waals surface area contributed by atoms with Gasteiger partial charge in [0.15, 0.2) is 3.77 Å². The molecule has 1 aliphatic heterocycles. The lowest BCUT2D eigenvalue weighted by Crippen LogP contribution is -2.29. The number of carbonyl (C=O) groups is 1. The van der Waals surface area contributed by atoms with E-state index in [4.69, 9.17) is 4.42 Å². The Morgan fingerprint density at radius 1 is 1.08 bits per heavy atom. The van der Waals surface area contributed by atoms with Crippen LogP contribution in [0.1, 0.15) is 36.1 Å². The Morgan fingerprint density at radius 2 is 1.80 bits per heavy atom. The van der Waals surface area contributed by atoms with Crippen molar-refractivity contribution in [2.45, 2.75) is 32.4 Å². The van der Waals surface area contributed by atoms with Gasteiger partial charge in [-0.15, -0.1) is 0 Å². The molecule has 1 fully saturated rings. The second-order valence-corrected chi connectivity index (χ2v) is 7.41. The largest absolute Gasteiger partial charge is 0.451 e. The van der Waals surface area contributed by atoms with Crippen molar-refractivity contribution in [1.82, 2.24) is 10.2 Å². The molecule has 1 aliphatic rings. The predicted molar refractivity (Wildman–Crippen MR) is 108 cm³/mol. The number of hydrogen-bond acceptors (Lipinski definition) is 3. The number of amides is 1. The number of piperidine rings is 1. The fraction of sp³-hybridized carbons (Fsp3) is 0.350. The molecule has 1 aromatic heterocycles. The van der Waals surface area contributed by atoms with Gasteiger partial charge in [0.25, 0.3) is 0 Å². The summed E-state index contributed by atoms with van der Waals surface area (Å²) in [6.07, 6.45) is 7.17. The molecule has 132 valence electrons. The second kappa shape index (κ2) is 9.20. The lowest BCUT2D eigenvalue weighted by molar-refractivity contribution is -0.116. The van der Waals surface area contributed by atoms with Crippen molar-refractivity contribution in [1.29, 1.82) is 0 Å². The molecule has 1 N–H and O–H groups in total. The van der Waals surface area contributed by atoms with E-state index in [1.54, 1.807) is 6.08 Å². The number of likely N-dealkylation sites (tertiary alicyclic amines) is 1. The van der Waals surface area contributed by atoms with Crippen molar-refractivity contribution in [3.8, 4) is 0 Å². The van der Waals surface area contributed by atoms with Crippen LogP contribution in [0.5, 0.6) is 0 Å². The summed E-state index contributed by atoms with van der Waals surface area (Å²) in [5, 5.41) is 2.90. The Morgan fingerprint density at radius 3 is 2.48 bits per heavy atom. The van der Waals surface area contributed by atoms with Crippen LogP contribution in [-0.4, -0.2) is 23.9 Å². The standard InChI is InChI=1S/C20H23IN2O2/c21-19-10-8-18(25-19)9-11-20(24)22-14-16-4-6-17(7-5-16)15-23-12-2-1-3-13-23/h4-11H,1-3,12-15H2,(H,22,24)/b11-9+. The van der Waals surface area contributed by atoms with Crippen LogP contribution in [0.25, 0.3) is 6.08 Å². The van der Waals surface area contributed by atoms with Gasteiger partial charge in [-0.1, -0.05) is 30.7 Å². The molecule has 2 aromatic rings. The first-order valence-electron chi connectivity index (χ1n) is 8.70. The highest BCUT2D eigenvalue weighted by atomic mass is 127. The summed E-state index contributed by atoms with van der Waals surface area (Å²) in [4.78, 5) is 14.4. The lowest BCUT2D eigenvalue weighted by atomic mass is 10.1. The minimum atomic E-state index is -0.121. The number of furan rings is 1. The van der Waals surface area contributed by atoms with Gasteiger partial charge in [-0.05, 0) is 77.9 Å². The maximum absolute atomic E-state index is 11.9. The van der Waals surface area contributed by atoms with E-state index in [0.29, 0.717) is 12.3 Å². The van der Waals surface area contributed by atoms with Crippen molar-refractivity contribution in [3.63, 3.8) is 0 Å². The quantitative estimate of drug-likeness (QED) is 0.530. The molecule has 0 bridgehead atoms. The Bertz CT molecular complexity index is 716. The molecule has 1 amide bonds. The Balaban J connectivity index is 1.44. The topological polar surface area (TPSA) is 45.5 Å². The van der Waals surface area contributed by atoms with E-state index in [1.165, 1.54) is 44.0 Å². The molecule has 0 saturated carbocycles. The third-order valence-corrected chi connectivity index (χ3v) is 4.92. The summed E-state index contributed by atoms with van der Waals surface area (Å²) < 4.78 is 6.20. The Labute approximate surface area is 162 Å². The first kappa shape index (κ1) is 18.2. The van der Waals surface area contributed by atoms with Gasteiger partial charge >= 0.3 is 0 Å². The van der Waals surface area contributed by atoms with Gasteiger partial charge in [0, 0.05) is 19.2 Å². The number of nitrogens with zero attached hydrogens (tertiary/aromatic N) is 1. The summed E-state index contributed by atoms with van der Waals surface area (Å²) in [5.41, 5.74) is 2.45. The molecule has 5 heteroatoms. The zero-order valence-electron chi connectivity index (χ0n) is 14.2. The summed E-state index contributed by atoms with van der Waals surface area (Å²) >= 11 is 2.10. The number of benzene rings is 1. The molecule has 0 aliphatic carbocycles. The van der Waals surface area contributed by atoms with Crippen LogP contribution in [0.3, 0.4) is 0 Å². The monoisotopic (exact) mass is 450 g/mol. The van der Waals surface area contributed by atoms with Gasteiger partial charge in [-0.25, -0.2) is 0 Å². The zero-order valence-corrected chi connectivity index (χ0v) is 16.4. The van der Waals surface area contributed by atoms with E-state index in [2.05, 4.69) is 57.1 Å². The molecular weight excluding hydrogens is 427 g/mol. The highest BCUT2D eigenvalue weighted by Crippen LogP contribution is 2.14. The number of carbonyl (C=O) groups excluding carboxylic acids is 1. The minimum Gasteiger partial charge on any atom is -0.451 e. The van der Waals surface area contributed by atoms with Gasteiger partial charge in [-0.2, -0.15) is 0 Å². The molecule has 4 nitrogen and oxygen atoms in total. The third-order valence-electron chi connectivity index (χ3n) is 4.34. The third kappa shape index (κ3) is 6.01. The van der Waals surface area contributed by atoms with Crippen LogP contribution in [0.4, 0.5) is 0 Å². The SMILES string of the molecule is O=C(/C=C/c1ccc(I)o1)NCc1ccc(CN2CCCCC2)cc1. The average molecular weight is 450 g/mol. The lowest BCUT2D eigenvalue weighted by Gasteiger charge is -2.26. The van der Waals surface area contributed by atoms with Crippen molar-refractivity contribution >= 4 is 34.6 Å². The highest BCUT2D eigenvalue weighted by molar-refractivity contribution is 14.1. The van der Waals surface area contributed by atoms with E-state index in [-0.39, 0.29) is 5.91 Å². The molecule has 0 radical (unpaired) electrons. The van der Waals surface area contributed by atoms with Gasteiger partial charge in [0.05, 0.1) is 0 Å². The van der Waals surface area contributed by atoms with Crippen molar-refractivity contribution in [2.24, 2.45) is 0 Å². The summed E-state index contributed by atoms with van der Waals surface area (Å²) in [6.45, 7) is 3.97. The predicted octanol–water partition coefficient (Wildman–Crippen LogP) is 4.20. The molecular formula is C20H23IN2O2. The normalized spacial score (nSPS) is 15.6. The first-order chi connectivity index (χ1) is 12.2. The van der Waals surface area contributed by atoms with Crippen molar-refractivity contribution < 1.29 is 9.21 Å². The van der Waals surface area contributed by atoms with Crippen LogP contribution >= 0.6 is 22.6 Å². The maximum atomic E-state index is 11.9. The average Bonchev–Trinajstić information content (AvgIpc) is 3.06. The van der Waals surface area contributed by atoms with Crippen LogP contribution in [0.15, 0.2) is 46.9 Å². The molecule has 3 rings (SSSR count). The van der Waals surface area contributed by atoms with Gasteiger partial charge in [0.1, 0.15) is 5.76 Å². The number of halogens is 1. The highest BCUT2D eigenvalue weighted by Gasteiger charge is 2.10. The van der Waals surface area contributed by atoms with Crippen molar-refractivity contribution in [2.75, 3.05) is 13.1 Å². The Hall–Kier alpha value is -1.60. The second-order valence-electron chi connectivity index (χ2n) is 6.35. The van der Waals surface area contributed by atoms with E-state index >= 15 is 0 Å². The molecule has 0 unspecified atom stereocenters. The van der Waals surface area contributed by atoms with Crippen LogP contribution in [0, 0.1) is 3.77 Å². The molecule has 25 heavy (non-hydrogen) atoms. The molecule has 0 atom stereocenters. The van der Waals surface area contributed by atoms with Crippen molar-refractivity contribution in [3.05, 3.63) is 63.1 Å². The fourth-order valence-electron chi connectivity index (χ4n) is 2.96. The number of hydrogen-bond donors (Lipinski definition) is 1. The van der Waals surface area contributed by atoms with Crippen LogP contribution in [0.2, 0.25) is 0 Å². The van der Waals surface area contributed by atoms with E-state index < -0.39 is 0 Å². The fourth-order valence-corrected chi connectivity index (χ4v) is 3.40. The summed E-state index contributed by atoms with van der Waals surface area (Å²) in [6, 6.07) is 12.2. The molecule has 2 heterocycles. The van der Waals surface area contributed by atoms with Gasteiger partial charge < -0.3 is 9.73 Å². The Kier molecular flexibility index (Phi) is 6.69. The summed E-state index contributed by atoms with van der Waals surface area (Å²) in [7, 11) is 0. The smallest absolute Gasteiger partial charge is 0.244 e. The van der Waals surface area contributed by atoms with Gasteiger partial charge in [-0.3, -0.25) is 9.69 Å². The molecule has 1 aromatic carbocycles. The number of nitrogens with one attached hydrogen (secondary N) is 1. The first-order valence-corrected chi connectivity index (χ1v) is 9.78. The maximum Gasteiger partial charge on any atom is 0.244 e.